The van der Waals surface area contributed by atoms with E-state index in [4.69, 9.17) is 0 Å². The molecule has 1 aromatic heterocycles. The van der Waals surface area contributed by atoms with Gasteiger partial charge in [-0.15, -0.1) is 0 Å². The third-order valence-corrected chi connectivity index (χ3v) is 1.15. The molecule has 1 N–H and O–H groups in total. The highest BCUT2D eigenvalue weighted by atomic mass is 19.1. The number of pyridine rings is 1. The standard InChI is InChI=1S/C7H6FNO/c1-2-5-6(8)3-4-9-7(5)10/h2-4H,1H2,(H,9,10). The minimum absolute atomic E-state index is 0.0116. The highest BCUT2D eigenvalue weighted by Crippen LogP contribution is 1.99. The second-order valence-corrected chi connectivity index (χ2v) is 1.77. The lowest BCUT2D eigenvalue weighted by atomic mass is 10.3. The molecule has 0 radical (unpaired) electrons. The Morgan fingerprint density at radius 1 is 1.70 bits per heavy atom. The van der Waals surface area contributed by atoms with Gasteiger partial charge >= 0.3 is 0 Å². The number of hydrogen-bond acceptors (Lipinski definition) is 1. The maximum atomic E-state index is 12.6. The number of halogens is 1. The summed E-state index contributed by atoms with van der Waals surface area (Å²) in [5.41, 5.74) is -0.461. The molecule has 0 aliphatic carbocycles. The fourth-order valence-electron chi connectivity index (χ4n) is 0.657. The molecule has 0 fully saturated rings. The van der Waals surface area contributed by atoms with E-state index in [0.29, 0.717) is 0 Å². The molecule has 0 atom stereocenters. The van der Waals surface area contributed by atoms with Gasteiger partial charge in [-0.1, -0.05) is 12.7 Å². The van der Waals surface area contributed by atoms with Crippen molar-refractivity contribution in [2.24, 2.45) is 0 Å². The van der Waals surface area contributed by atoms with E-state index in [2.05, 4.69) is 11.6 Å². The van der Waals surface area contributed by atoms with Crippen molar-refractivity contribution in [3.63, 3.8) is 0 Å². The number of hydrogen-bond donors (Lipinski definition) is 1. The zero-order valence-corrected chi connectivity index (χ0v) is 5.23. The van der Waals surface area contributed by atoms with Gasteiger partial charge in [0.15, 0.2) is 0 Å². The van der Waals surface area contributed by atoms with Crippen LogP contribution >= 0.6 is 0 Å². The minimum atomic E-state index is -0.543. The Morgan fingerprint density at radius 2 is 2.40 bits per heavy atom. The zero-order chi connectivity index (χ0) is 7.56. The molecule has 1 aromatic rings. The number of nitrogens with one attached hydrogen (secondary N) is 1. The molecular weight excluding hydrogens is 133 g/mol. The number of aromatic amines is 1. The fourth-order valence-corrected chi connectivity index (χ4v) is 0.657. The van der Waals surface area contributed by atoms with Crippen LogP contribution in [0.3, 0.4) is 0 Å². The summed E-state index contributed by atoms with van der Waals surface area (Å²) in [6.45, 7) is 3.29. The maximum absolute atomic E-state index is 12.6. The van der Waals surface area contributed by atoms with Crippen LogP contribution in [0, 0.1) is 5.82 Å². The molecule has 10 heavy (non-hydrogen) atoms. The van der Waals surface area contributed by atoms with Gasteiger partial charge in [-0.3, -0.25) is 4.79 Å². The van der Waals surface area contributed by atoms with Crippen LogP contribution in [-0.2, 0) is 0 Å². The Bertz CT molecular complexity index is 303. The van der Waals surface area contributed by atoms with Crippen LogP contribution in [0.1, 0.15) is 5.56 Å². The molecule has 0 bridgehead atoms. The van der Waals surface area contributed by atoms with Crippen molar-refractivity contribution < 1.29 is 4.39 Å². The Morgan fingerprint density at radius 3 is 2.80 bits per heavy atom. The normalized spacial score (nSPS) is 9.30. The van der Waals surface area contributed by atoms with Crippen LogP contribution in [-0.4, -0.2) is 4.98 Å². The molecular formula is C7H6FNO. The fraction of sp³-hybridized carbons (Fsp3) is 0. The largest absolute Gasteiger partial charge is 0.328 e. The Kier molecular flexibility index (Phi) is 1.67. The molecule has 0 spiro atoms. The Hall–Kier alpha value is -1.38. The first-order chi connectivity index (χ1) is 4.75. The lowest BCUT2D eigenvalue weighted by Crippen LogP contribution is -2.09. The predicted octanol–water partition coefficient (Wildman–Crippen LogP) is 1.16. The van der Waals surface area contributed by atoms with Gasteiger partial charge in [0.05, 0.1) is 5.56 Å². The average Bonchev–Trinajstić information content (AvgIpc) is 1.88. The van der Waals surface area contributed by atoms with Crippen molar-refractivity contribution in [3.05, 3.63) is 40.6 Å². The van der Waals surface area contributed by atoms with Crippen molar-refractivity contribution in [3.8, 4) is 0 Å². The quantitative estimate of drug-likeness (QED) is 0.622. The molecule has 0 saturated carbocycles. The topological polar surface area (TPSA) is 32.9 Å². The summed E-state index contributed by atoms with van der Waals surface area (Å²) in [6.07, 6.45) is 2.44. The van der Waals surface area contributed by atoms with E-state index in [9.17, 15) is 9.18 Å². The number of H-pyrrole nitrogens is 1. The highest BCUT2D eigenvalue weighted by Gasteiger charge is 1.99. The summed E-state index contributed by atoms with van der Waals surface area (Å²) in [6, 6.07) is 1.18. The van der Waals surface area contributed by atoms with Gasteiger partial charge in [0.1, 0.15) is 5.82 Å². The Balaban J connectivity index is 3.45. The summed E-state index contributed by atoms with van der Waals surface area (Å²) in [5, 5.41) is 0. The van der Waals surface area contributed by atoms with Gasteiger partial charge in [-0.25, -0.2) is 4.39 Å². The maximum Gasteiger partial charge on any atom is 0.258 e. The lowest BCUT2D eigenvalue weighted by Gasteiger charge is -1.90. The van der Waals surface area contributed by atoms with Crippen molar-refractivity contribution in [1.29, 1.82) is 0 Å². The molecule has 0 aliphatic rings. The van der Waals surface area contributed by atoms with Crippen LogP contribution in [0.5, 0.6) is 0 Å². The molecule has 2 nitrogen and oxygen atoms in total. The van der Waals surface area contributed by atoms with Gasteiger partial charge in [0.25, 0.3) is 5.56 Å². The molecule has 1 heterocycles. The van der Waals surface area contributed by atoms with Crippen molar-refractivity contribution >= 4 is 6.08 Å². The highest BCUT2D eigenvalue weighted by molar-refractivity contribution is 5.45. The van der Waals surface area contributed by atoms with E-state index in [1.165, 1.54) is 18.3 Å². The van der Waals surface area contributed by atoms with E-state index in [1.54, 1.807) is 0 Å². The third-order valence-electron chi connectivity index (χ3n) is 1.15. The van der Waals surface area contributed by atoms with E-state index < -0.39 is 11.4 Å². The summed E-state index contributed by atoms with van der Waals surface area (Å²) >= 11 is 0. The first-order valence-electron chi connectivity index (χ1n) is 2.75. The smallest absolute Gasteiger partial charge is 0.258 e. The van der Waals surface area contributed by atoms with Gasteiger partial charge in [-0.2, -0.15) is 0 Å². The molecule has 0 amide bonds. The van der Waals surface area contributed by atoms with Crippen LogP contribution in [0.4, 0.5) is 4.39 Å². The second-order valence-electron chi connectivity index (χ2n) is 1.77. The molecule has 0 aromatic carbocycles. The number of aromatic nitrogens is 1. The van der Waals surface area contributed by atoms with Crippen LogP contribution in [0.25, 0.3) is 6.08 Å². The van der Waals surface area contributed by atoms with Gasteiger partial charge in [-0.05, 0) is 6.07 Å². The van der Waals surface area contributed by atoms with E-state index >= 15 is 0 Å². The summed E-state index contributed by atoms with van der Waals surface area (Å²) < 4.78 is 12.6. The second kappa shape index (κ2) is 2.47. The van der Waals surface area contributed by atoms with E-state index in [-0.39, 0.29) is 5.56 Å². The molecule has 52 valence electrons. The monoisotopic (exact) mass is 139 g/mol. The summed E-state index contributed by atoms with van der Waals surface area (Å²) in [7, 11) is 0. The van der Waals surface area contributed by atoms with Crippen LogP contribution < -0.4 is 5.56 Å². The summed E-state index contributed by atoms with van der Waals surface area (Å²) in [4.78, 5) is 13.0. The molecule has 3 heteroatoms. The SMILES string of the molecule is C=Cc1c(F)cc[nH]c1=O. The predicted molar refractivity (Wildman–Crippen MR) is 37.1 cm³/mol. The lowest BCUT2D eigenvalue weighted by molar-refractivity contribution is 0.620. The Labute approximate surface area is 57.0 Å². The van der Waals surface area contributed by atoms with Gasteiger partial charge in [0.2, 0.25) is 0 Å². The first kappa shape index (κ1) is 6.74. The molecule has 1 rings (SSSR count). The molecule has 0 saturated heterocycles. The first-order valence-corrected chi connectivity index (χ1v) is 2.75. The summed E-state index contributed by atoms with van der Waals surface area (Å²) in [5.74, 6) is -0.543. The number of rotatable bonds is 1. The van der Waals surface area contributed by atoms with Crippen LogP contribution in [0.15, 0.2) is 23.6 Å². The van der Waals surface area contributed by atoms with Gasteiger partial charge < -0.3 is 4.98 Å². The van der Waals surface area contributed by atoms with Crippen LogP contribution in [0.2, 0.25) is 0 Å². The average molecular weight is 139 g/mol. The zero-order valence-electron chi connectivity index (χ0n) is 5.23. The van der Waals surface area contributed by atoms with Crippen molar-refractivity contribution in [1.82, 2.24) is 4.98 Å². The van der Waals surface area contributed by atoms with E-state index in [1.807, 2.05) is 0 Å². The van der Waals surface area contributed by atoms with Crippen molar-refractivity contribution in [2.45, 2.75) is 0 Å². The minimum Gasteiger partial charge on any atom is -0.328 e. The molecule has 0 unspecified atom stereocenters. The molecule has 0 aliphatic heterocycles. The third kappa shape index (κ3) is 0.978. The van der Waals surface area contributed by atoms with Gasteiger partial charge in [0, 0.05) is 6.20 Å². The van der Waals surface area contributed by atoms with E-state index in [0.717, 1.165) is 0 Å². The van der Waals surface area contributed by atoms with Crippen molar-refractivity contribution in [2.75, 3.05) is 0 Å².